The van der Waals surface area contributed by atoms with E-state index in [0.717, 1.165) is 0 Å². The number of aliphatic hydroxyl groups is 2. The molecule has 0 unspecified atom stereocenters. The van der Waals surface area contributed by atoms with Crippen LogP contribution in [0.5, 0.6) is 0 Å². The number of thiocarbonyl (C=S) groups is 2. The van der Waals surface area contributed by atoms with Crippen LogP contribution in [0.15, 0.2) is 0 Å². The first kappa shape index (κ1) is 18.7. The fraction of sp³-hybridized carbons (Fsp3) is 0. The summed E-state index contributed by atoms with van der Waals surface area (Å²) in [5.41, 5.74) is 0. The van der Waals surface area contributed by atoms with Gasteiger partial charge in [-0.1, -0.05) is 0 Å². The van der Waals surface area contributed by atoms with Crippen LogP contribution in [-0.2, 0) is 9.59 Å². The van der Waals surface area contributed by atoms with Gasteiger partial charge in [-0.2, -0.15) is 0 Å². The van der Waals surface area contributed by atoms with Gasteiger partial charge < -0.3 is 30.0 Å². The van der Waals surface area contributed by atoms with Gasteiger partial charge in [-0.3, -0.25) is 0 Å². The van der Waals surface area contributed by atoms with Crippen LogP contribution in [0.2, 0.25) is 0 Å². The van der Waals surface area contributed by atoms with E-state index in [-0.39, 0.29) is 37.7 Å². The Bertz CT molecular complexity index is 179. The van der Waals surface area contributed by atoms with Gasteiger partial charge in [0, 0.05) is 0 Å². The number of hydrogen-bond donors (Lipinski definition) is 2. The molecular formula is C4H2CaO6S2. The molecule has 0 radical (unpaired) electrons. The molecule has 0 bridgehead atoms. The summed E-state index contributed by atoms with van der Waals surface area (Å²) in [4.78, 5) is 18.4. The van der Waals surface area contributed by atoms with Crippen molar-refractivity contribution >= 4 is 84.2 Å². The number of hydrogen-bond acceptors (Lipinski definition) is 6. The van der Waals surface area contributed by atoms with Crippen molar-refractivity contribution < 1.29 is 30.0 Å². The molecule has 0 rings (SSSR count). The van der Waals surface area contributed by atoms with Crippen molar-refractivity contribution in [1.82, 2.24) is 0 Å². The molecule has 2 N–H and O–H groups in total. The van der Waals surface area contributed by atoms with Gasteiger partial charge in [-0.25, -0.2) is 0 Å². The van der Waals surface area contributed by atoms with Crippen LogP contribution in [-0.4, -0.2) is 70.0 Å². The van der Waals surface area contributed by atoms with Gasteiger partial charge in [-0.05, 0) is 24.4 Å². The van der Waals surface area contributed by atoms with Crippen LogP contribution in [0, 0.1) is 0 Å². The second-order valence-corrected chi connectivity index (χ2v) is 1.96. The van der Waals surface area contributed by atoms with Crippen molar-refractivity contribution in [3.63, 3.8) is 0 Å². The molecule has 0 saturated carbocycles. The number of carbonyl (C=O) groups excluding carboxylic acids is 2. The summed E-state index contributed by atoms with van der Waals surface area (Å²) in [5, 5.41) is 31.6. The fourth-order valence-electron chi connectivity index (χ4n) is 0. The zero-order valence-corrected chi connectivity index (χ0v) is 9.89. The minimum atomic E-state index is -1.70. The van der Waals surface area contributed by atoms with Crippen molar-refractivity contribution in [2.75, 3.05) is 0 Å². The molecule has 68 valence electrons. The average Bonchev–Trinajstić information content (AvgIpc) is 1.88. The predicted molar refractivity (Wildman–Crippen MR) is 46.2 cm³/mol. The van der Waals surface area contributed by atoms with Gasteiger partial charge in [0.2, 0.25) is 10.1 Å². The summed E-state index contributed by atoms with van der Waals surface area (Å²) < 4.78 is 0. The van der Waals surface area contributed by atoms with E-state index < -0.39 is 22.0 Å². The second kappa shape index (κ2) is 10.1. The van der Waals surface area contributed by atoms with Crippen LogP contribution in [0.25, 0.3) is 0 Å². The minimum Gasteiger partial charge on any atom is -0.541 e. The molecule has 0 amide bonds. The van der Waals surface area contributed by atoms with Gasteiger partial charge in [0.1, 0.15) is 11.9 Å². The molecule has 0 atom stereocenters. The number of aliphatic hydroxyl groups excluding tert-OH is 2. The summed E-state index contributed by atoms with van der Waals surface area (Å²) in [6.07, 6.45) is 0. The Kier molecular flexibility index (Phi) is 14.5. The molecule has 0 aliphatic rings. The zero-order chi connectivity index (χ0) is 10.3. The summed E-state index contributed by atoms with van der Waals surface area (Å²) in [7, 11) is 0. The van der Waals surface area contributed by atoms with E-state index in [9.17, 15) is 19.8 Å². The molecule has 0 aliphatic heterocycles. The molecule has 13 heavy (non-hydrogen) atoms. The maximum Gasteiger partial charge on any atom is 2.00 e. The summed E-state index contributed by atoms with van der Waals surface area (Å²) >= 11 is 7.43. The Hall–Kier alpha value is -0.0203. The third kappa shape index (κ3) is 18.7. The Morgan fingerprint density at radius 3 is 1.00 bits per heavy atom. The average molecular weight is 250 g/mol. The second-order valence-electron chi connectivity index (χ2n) is 1.19. The van der Waals surface area contributed by atoms with Crippen molar-refractivity contribution in [2.45, 2.75) is 0 Å². The van der Waals surface area contributed by atoms with Crippen LogP contribution >= 0.6 is 24.4 Å². The Morgan fingerprint density at radius 2 is 1.00 bits per heavy atom. The van der Waals surface area contributed by atoms with E-state index in [4.69, 9.17) is 10.2 Å². The Morgan fingerprint density at radius 1 is 0.923 bits per heavy atom. The Labute approximate surface area is 113 Å². The van der Waals surface area contributed by atoms with Crippen LogP contribution < -0.4 is 10.2 Å². The molecule has 0 aromatic rings. The molecule has 9 heteroatoms. The van der Waals surface area contributed by atoms with Crippen molar-refractivity contribution in [3.05, 3.63) is 0 Å². The van der Waals surface area contributed by atoms with E-state index in [0.29, 0.717) is 0 Å². The summed E-state index contributed by atoms with van der Waals surface area (Å²) in [5.74, 6) is -3.41. The first-order valence-corrected chi connectivity index (χ1v) is 2.99. The SMILES string of the molecule is O=C([O-])C(O)=S.O=C([O-])C(O)=S.[Ca+2]. The standard InChI is InChI=1S/2C2H2O3S.Ca/c2*3-1(4)2(5)6;/h2*(H,3,4)(H,5,6);/q;;+2/p-2. The van der Waals surface area contributed by atoms with Crippen LogP contribution in [0.1, 0.15) is 0 Å². The smallest absolute Gasteiger partial charge is 0.541 e. The van der Waals surface area contributed by atoms with Crippen LogP contribution in [0.3, 0.4) is 0 Å². The quantitative estimate of drug-likeness (QED) is 0.342. The van der Waals surface area contributed by atoms with Crippen molar-refractivity contribution in [2.24, 2.45) is 0 Å². The van der Waals surface area contributed by atoms with E-state index in [1.165, 1.54) is 0 Å². The molecule has 0 fully saturated rings. The van der Waals surface area contributed by atoms with E-state index >= 15 is 0 Å². The van der Waals surface area contributed by atoms with Gasteiger partial charge in [0.15, 0.2) is 0 Å². The predicted octanol–water partition coefficient (Wildman–Crippen LogP) is -3.14. The zero-order valence-electron chi connectivity index (χ0n) is 6.05. The molecule has 0 aromatic carbocycles. The molecule has 0 aliphatic carbocycles. The van der Waals surface area contributed by atoms with E-state index in [1.807, 2.05) is 0 Å². The maximum absolute atomic E-state index is 9.20. The largest absolute Gasteiger partial charge is 2.00 e. The van der Waals surface area contributed by atoms with Gasteiger partial charge in [-0.15, -0.1) is 0 Å². The fourth-order valence-corrected chi connectivity index (χ4v) is 0. The van der Waals surface area contributed by atoms with Crippen LogP contribution in [0.4, 0.5) is 0 Å². The molecular weight excluding hydrogens is 248 g/mol. The van der Waals surface area contributed by atoms with E-state index in [1.54, 1.807) is 0 Å². The summed E-state index contributed by atoms with van der Waals surface area (Å²) in [6, 6.07) is 0. The summed E-state index contributed by atoms with van der Waals surface area (Å²) in [6.45, 7) is 0. The molecule has 0 saturated heterocycles. The first-order chi connectivity index (χ1) is 5.29. The normalized spacial score (nSPS) is 6.77. The van der Waals surface area contributed by atoms with Crippen molar-refractivity contribution in [1.29, 1.82) is 0 Å². The maximum atomic E-state index is 9.20. The number of carboxylic acid groups (broad SMARTS) is 2. The number of carbonyl (C=O) groups is 2. The molecule has 0 spiro atoms. The van der Waals surface area contributed by atoms with Gasteiger partial charge in [0.05, 0.1) is 0 Å². The molecule has 6 nitrogen and oxygen atoms in total. The topological polar surface area (TPSA) is 121 Å². The molecule has 0 aromatic heterocycles. The Balaban J connectivity index is -0.000000143. The number of rotatable bonds is 0. The monoisotopic (exact) mass is 250 g/mol. The number of carboxylic acids is 2. The van der Waals surface area contributed by atoms with Gasteiger partial charge >= 0.3 is 37.7 Å². The molecule has 0 heterocycles. The minimum absolute atomic E-state index is 0. The van der Waals surface area contributed by atoms with Gasteiger partial charge in [0.25, 0.3) is 0 Å². The number of aliphatic carboxylic acids is 2. The van der Waals surface area contributed by atoms with Crippen molar-refractivity contribution in [3.8, 4) is 0 Å². The third-order valence-corrected chi connectivity index (χ3v) is 0.683. The third-order valence-electron chi connectivity index (χ3n) is 0.349. The van der Waals surface area contributed by atoms with E-state index in [2.05, 4.69) is 24.4 Å². The first-order valence-electron chi connectivity index (χ1n) is 2.17.